The van der Waals surface area contributed by atoms with Crippen LogP contribution in [0, 0.1) is 0 Å². The van der Waals surface area contributed by atoms with Crippen LogP contribution in [0.15, 0.2) is 24.5 Å². The van der Waals surface area contributed by atoms with E-state index >= 15 is 0 Å². The maximum atomic E-state index is 13.1. The maximum absolute atomic E-state index is 13.1. The number of carbonyl (C=O) groups is 1. The molecule has 0 radical (unpaired) electrons. The number of aromatic nitrogens is 2. The first-order valence-corrected chi connectivity index (χ1v) is 10.1. The zero-order valence-electron chi connectivity index (χ0n) is 15.6. The van der Waals surface area contributed by atoms with Gasteiger partial charge in [0.1, 0.15) is 0 Å². The van der Waals surface area contributed by atoms with Crippen molar-refractivity contribution >= 4 is 17.1 Å². The molecule has 7 heteroatoms. The van der Waals surface area contributed by atoms with Gasteiger partial charge in [-0.05, 0) is 37.8 Å². The molecule has 5 heterocycles. The molecular formula is C20H27N5O2. The number of aliphatic hydroxyl groups excluding tert-OH is 1. The molecule has 1 amide bonds. The van der Waals surface area contributed by atoms with Crippen molar-refractivity contribution in [3.8, 4) is 0 Å². The Morgan fingerprint density at radius 2 is 1.85 bits per heavy atom. The normalized spacial score (nSPS) is 22.6. The molecule has 0 spiro atoms. The average molecular weight is 369 g/mol. The second-order valence-corrected chi connectivity index (χ2v) is 8.10. The van der Waals surface area contributed by atoms with Gasteiger partial charge in [-0.15, -0.1) is 0 Å². The monoisotopic (exact) mass is 369 g/mol. The number of piperidine rings is 1. The zero-order valence-corrected chi connectivity index (χ0v) is 15.6. The van der Waals surface area contributed by atoms with E-state index in [9.17, 15) is 9.90 Å². The van der Waals surface area contributed by atoms with E-state index in [1.54, 1.807) is 10.7 Å². The highest BCUT2D eigenvalue weighted by Crippen LogP contribution is 2.26. The van der Waals surface area contributed by atoms with Gasteiger partial charge in [0.25, 0.3) is 5.91 Å². The molecular weight excluding hydrogens is 342 g/mol. The van der Waals surface area contributed by atoms with Crippen LogP contribution in [0.4, 0.5) is 5.69 Å². The fourth-order valence-corrected chi connectivity index (χ4v) is 4.70. The van der Waals surface area contributed by atoms with Crippen molar-refractivity contribution in [3.05, 3.63) is 30.1 Å². The molecule has 0 aliphatic carbocycles. The number of anilines is 1. The molecule has 0 saturated carbocycles. The molecule has 0 atom stereocenters. The molecule has 3 fully saturated rings. The van der Waals surface area contributed by atoms with Crippen LogP contribution in [0.3, 0.4) is 0 Å². The van der Waals surface area contributed by atoms with Crippen LogP contribution in [-0.2, 0) is 0 Å². The summed E-state index contributed by atoms with van der Waals surface area (Å²) >= 11 is 0. The fraction of sp³-hybridized carbons (Fsp3) is 0.600. The van der Waals surface area contributed by atoms with Crippen molar-refractivity contribution in [2.24, 2.45) is 0 Å². The Labute approximate surface area is 159 Å². The van der Waals surface area contributed by atoms with E-state index in [0.717, 1.165) is 57.6 Å². The number of pyridine rings is 1. The number of carbonyl (C=O) groups excluding carboxylic acids is 1. The SMILES string of the molecule is O=C(c1cnn2ccc(N3CCCC3)cc12)N1CCC(N2CC(O)C2)CC1. The molecule has 3 saturated heterocycles. The third kappa shape index (κ3) is 3.08. The largest absolute Gasteiger partial charge is 0.390 e. The van der Waals surface area contributed by atoms with E-state index in [1.165, 1.54) is 18.5 Å². The Balaban J connectivity index is 1.31. The number of hydrogen-bond donors (Lipinski definition) is 1. The summed E-state index contributed by atoms with van der Waals surface area (Å²) in [6.07, 6.45) is 7.95. The van der Waals surface area contributed by atoms with Crippen molar-refractivity contribution < 1.29 is 9.90 Å². The predicted molar refractivity (Wildman–Crippen MR) is 103 cm³/mol. The Morgan fingerprint density at radius 1 is 1.11 bits per heavy atom. The standard InChI is InChI=1S/C20H27N5O2/c26-17-13-24(14-17)15-3-8-23(9-4-15)20(27)18-12-21-25-10-5-16(11-19(18)25)22-6-1-2-7-22/h5,10-12,15,17,26H,1-4,6-9,13-14H2. The number of aliphatic hydroxyl groups is 1. The first-order valence-electron chi connectivity index (χ1n) is 10.1. The Hall–Kier alpha value is -2.12. The van der Waals surface area contributed by atoms with Crippen LogP contribution in [0.2, 0.25) is 0 Å². The highest BCUT2D eigenvalue weighted by atomic mass is 16.3. The molecule has 2 aromatic heterocycles. The van der Waals surface area contributed by atoms with Crippen molar-refractivity contribution in [2.75, 3.05) is 44.2 Å². The summed E-state index contributed by atoms with van der Waals surface area (Å²) in [7, 11) is 0. The number of fused-ring (bicyclic) bond motifs is 1. The molecule has 2 aromatic rings. The summed E-state index contributed by atoms with van der Waals surface area (Å²) in [5.74, 6) is 0.0886. The summed E-state index contributed by atoms with van der Waals surface area (Å²) in [4.78, 5) is 19.8. The molecule has 0 unspecified atom stereocenters. The lowest BCUT2D eigenvalue weighted by atomic mass is 9.98. The molecule has 1 N–H and O–H groups in total. The van der Waals surface area contributed by atoms with Crippen LogP contribution >= 0.6 is 0 Å². The Kier molecular flexibility index (Phi) is 4.28. The zero-order chi connectivity index (χ0) is 18.4. The number of likely N-dealkylation sites (tertiary alicyclic amines) is 2. The summed E-state index contributed by atoms with van der Waals surface area (Å²) in [5.41, 5.74) is 2.79. The van der Waals surface area contributed by atoms with Gasteiger partial charge in [-0.3, -0.25) is 9.69 Å². The number of nitrogens with zero attached hydrogens (tertiary/aromatic N) is 5. The minimum atomic E-state index is -0.159. The quantitative estimate of drug-likeness (QED) is 0.881. The minimum absolute atomic E-state index is 0.0886. The Morgan fingerprint density at radius 3 is 2.56 bits per heavy atom. The topological polar surface area (TPSA) is 64.3 Å². The molecule has 144 valence electrons. The molecule has 3 aliphatic rings. The first kappa shape index (κ1) is 17.0. The first-order chi connectivity index (χ1) is 13.2. The van der Waals surface area contributed by atoms with Gasteiger partial charge in [0.2, 0.25) is 0 Å². The predicted octanol–water partition coefficient (Wildman–Crippen LogP) is 1.22. The number of β-amino-alcohol motifs (C(OH)–C–C–N with tert-alkyl or cyclic N) is 1. The minimum Gasteiger partial charge on any atom is -0.390 e. The van der Waals surface area contributed by atoms with Crippen molar-refractivity contribution in [1.29, 1.82) is 0 Å². The van der Waals surface area contributed by atoms with Crippen LogP contribution in [0.25, 0.3) is 5.52 Å². The van der Waals surface area contributed by atoms with Gasteiger partial charge in [0, 0.05) is 57.2 Å². The van der Waals surface area contributed by atoms with Gasteiger partial charge in [0.05, 0.1) is 23.4 Å². The van der Waals surface area contributed by atoms with Crippen LogP contribution in [-0.4, -0.2) is 81.8 Å². The fourth-order valence-electron chi connectivity index (χ4n) is 4.70. The third-order valence-corrected chi connectivity index (χ3v) is 6.37. The molecule has 0 aromatic carbocycles. The molecule has 0 bridgehead atoms. The van der Waals surface area contributed by atoms with E-state index in [4.69, 9.17) is 0 Å². The van der Waals surface area contributed by atoms with Gasteiger partial charge in [-0.2, -0.15) is 5.10 Å². The smallest absolute Gasteiger partial charge is 0.257 e. The van der Waals surface area contributed by atoms with E-state index in [2.05, 4.69) is 27.0 Å². The maximum Gasteiger partial charge on any atom is 0.257 e. The molecule has 3 aliphatic heterocycles. The summed E-state index contributed by atoms with van der Waals surface area (Å²) in [6.45, 7) is 5.30. The summed E-state index contributed by atoms with van der Waals surface area (Å²) in [5, 5.41) is 13.9. The highest BCUT2D eigenvalue weighted by molar-refractivity contribution is 6.01. The average Bonchev–Trinajstić information content (AvgIpc) is 3.34. The van der Waals surface area contributed by atoms with Gasteiger partial charge < -0.3 is 14.9 Å². The lowest BCUT2D eigenvalue weighted by Gasteiger charge is -2.45. The number of amides is 1. The number of hydrogen-bond acceptors (Lipinski definition) is 5. The second-order valence-electron chi connectivity index (χ2n) is 8.10. The third-order valence-electron chi connectivity index (χ3n) is 6.37. The van der Waals surface area contributed by atoms with E-state index < -0.39 is 0 Å². The second kappa shape index (κ2) is 6.80. The molecule has 5 rings (SSSR count). The lowest BCUT2D eigenvalue weighted by Crippen LogP contribution is -2.58. The van der Waals surface area contributed by atoms with Crippen LogP contribution in [0.1, 0.15) is 36.0 Å². The van der Waals surface area contributed by atoms with E-state index in [-0.39, 0.29) is 12.0 Å². The van der Waals surface area contributed by atoms with Gasteiger partial charge in [0.15, 0.2) is 0 Å². The molecule has 7 nitrogen and oxygen atoms in total. The van der Waals surface area contributed by atoms with E-state index in [1.807, 2.05) is 11.1 Å². The number of rotatable bonds is 3. The highest BCUT2D eigenvalue weighted by Gasteiger charge is 2.34. The Bertz CT molecular complexity index is 830. The van der Waals surface area contributed by atoms with Crippen molar-refractivity contribution in [2.45, 2.75) is 37.8 Å². The van der Waals surface area contributed by atoms with Crippen molar-refractivity contribution in [1.82, 2.24) is 19.4 Å². The summed E-state index contributed by atoms with van der Waals surface area (Å²) in [6, 6.07) is 4.70. The van der Waals surface area contributed by atoms with Gasteiger partial charge in [-0.25, -0.2) is 4.52 Å². The summed E-state index contributed by atoms with van der Waals surface area (Å²) < 4.78 is 1.81. The van der Waals surface area contributed by atoms with Gasteiger partial charge in [-0.1, -0.05) is 0 Å². The molecule has 27 heavy (non-hydrogen) atoms. The van der Waals surface area contributed by atoms with Crippen LogP contribution < -0.4 is 4.90 Å². The lowest BCUT2D eigenvalue weighted by molar-refractivity contribution is -0.0381. The van der Waals surface area contributed by atoms with Gasteiger partial charge >= 0.3 is 0 Å². The van der Waals surface area contributed by atoms with Crippen molar-refractivity contribution in [3.63, 3.8) is 0 Å². The van der Waals surface area contributed by atoms with E-state index in [0.29, 0.717) is 11.6 Å². The van der Waals surface area contributed by atoms with Crippen LogP contribution in [0.5, 0.6) is 0 Å².